The molecule has 2 heterocycles. The van der Waals surface area contributed by atoms with E-state index < -0.39 is 11.7 Å². The lowest BCUT2D eigenvalue weighted by molar-refractivity contribution is 0.0244. The van der Waals surface area contributed by atoms with Gasteiger partial charge < -0.3 is 14.0 Å². The maximum Gasteiger partial charge on any atom is 0.411 e. The highest BCUT2D eigenvalue weighted by atomic mass is 16.6. The molecule has 0 N–H and O–H groups in total. The van der Waals surface area contributed by atoms with Crippen molar-refractivity contribution in [2.24, 2.45) is 5.16 Å². The highest BCUT2D eigenvalue weighted by Gasteiger charge is 2.32. The number of carbonyl (C=O) groups is 1. The molecule has 0 bridgehead atoms. The van der Waals surface area contributed by atoms with Crippen molar-refractivity contribution >= 4 is 11.8 Å². The minimum Gasteiger partial charge on any atom is -0.444 e. The number of fused-ring (bicyclic) bond motifs is 1. The van der Waals surface area contributed by atoms with Crippen LogP contribution in [0.2, 0.25) is 0 Å². The van der Waals surface area contributed by atoms with E-state index in [9.17, 15) is 4.79 Å². The zero-order valence-corrected chi connectivity index (χ0v) is 13.4. The lowest BCUT2D eigenvalue weighted by atomic mass is 10.1. The van der Waals surface area contributed by atoms with Gasteiger partial charge in [0.2, 0.25) is 0 Å². The first-order chi connectivity index (χ1) is 10.3. The van der Waals surface area contributed by atoms with Crippen LogP contribution in [0, 0.1) is 6.92 Å². The van der Waals surface area contributed by atoms with E-state index in [2.05, 4.69) is 16.7 Å². The van der Waals surface area contributed by atoms with E-state index in [4.69, 9.17) is 14.0 Å². The van der Waals surface area contributed by atoms with Crippen LogP contribution in [0.15, 0.2) is 22.2 Å². The molecular formula is C15H21N3O4. The summed E-state index contributed by atoms with van der Waals surface area (Å²) in [5, 5.41) is 4.03. The number of hydrogen-bond donors (Lipinski definition) is 0. The maximum atomic E-state index is 12.2. The number of hydrogen-bond acceptors (Lipinski definition) is 6. The van der Waals surface area contributed by atoms with Gasteiger partial charge in [-0.1, -0.05) is 17.8 Å². The molecule has 0 unspecified atom stereocenters. The van der Waals surface area contributed by atoms with Crippen molar-refractivity contribution < 1.29 is 18.8 Å². The van der Waals surface area contributed by atoms with Crippen LogP contribution in [0.1, 0.15) is 38.1 Å². The zero-order valence-electron chi connectivity index (χ0n) is 13.4. The van der Waals surface area contributed by atoms with E-state index in [1.165, 1.54) is 4.90 Å². The summed E-state index contributed by atoms with van der Waals surface area (Å²) in [5.41, 5.74) is 0.595. The molecule has 0 aromatic carbocycles. The normalized spacial score (nSPS) is 16.4. The van der Waals surface area contributed by atoms with Crippen LogP contribution in [-0.2, 0) is 16.1 Å². The monoisotopic (exact) mass is 307 g/mol. The van der Waals surface area contributed by atoms with E-state index in [0.29, 0.717) is 29.6 Å². The largest absolute Gasteiger partial charge is 0.444 e. The predicted octanol–water partition coefficient (Wildman–Crippen LogP) is 2.64. The molecule has 0 fully saturated rings. The first-order valence-electron chi connectivity index (χ1n) is 7.04. The van der Waals surface area contributed by atoms with Crippen LogP contribution in [0.4, 0.5) is 4.79 Å². The molecule has 7 nitrogen and oxygen atoms in total. The van der Waals surface area contributed by atoms with Gasteiger partial charge in [-0.25, -0.2) is 9.78 Å². The predicted molar refractivity (Wildman–Crippen MR) is 80.6 cm³/mol. The third-order valence-electron chi connectivity index (χ3n) is 2.77. The molecule has 1 aliphatic heterocycles. The lowest BCUT2D eigenvalue weighted by Gasteiger charge is -2.29. The molecule has 0 spiro atoms. The van der Waals surface area contributed by atoms with Crippen molar-refractivity contribution in [3.05, 3.63) is 30.0 Å². The number of ether oxygens (including phenoxy) is 1. The molecule has 0 aliphatic carbocycles. The summed E-state index contributed by atoms with van der Waals surface area (Å²) in [6.07, 6.45) is 1.16. The fourth-order valence-corrected chi connectivity index (χ4v) is 1.98. The second kappa shape index (κ2) is 6.21. The number of carbonyl (C=O) groups excluding carboxylic acids is 1. The number of nitrogens with zero attached hydrogens (tertiary/aromatic N) is 3. The van der Waals surface area contributed by atoms with Crippen LogP contribution >= 0.6 is 0 Å². The molecule has 2 rings (SSSR count). The molecule has 120 valence electrons. The Bertz CT molecular complexity index is 598. The van der Waals surface area contributed by atoms with Crippen LogP contribution in [-0.4, -0.2) is 40.4 Å². The second-order valence-electron chi connectivity index (χ2n) is 5.96. The van der Waals surface area contributed by atoms with E-state index in [0.717, 1.165) is 0 Å². The van der Waals surface area contributed by atoms with Gasteiger partial charge in [0.05, 0.1) is 13.1 Å². The summed E-state index contributed by atoms with van der Waals surface area (Å²) in [6.45, 7) is 11.6. The number of amides is 1. The summed E-state index contributed by atoms with van der Waals surface area (Å²) in [5.74, 6) is 1.10. The van der Waals surface area contributed by atoms with Gasteiger partial charge in [0.1, 0.15) is 23.6 Å². The minimum atomic E-state index is -0.564. The Morgan fingerprint density at radius 2 is 2.23 bits per heavy atom. The highest BCUT2D eigenvalue weighted by molar-refractivity contribution is 6.03. The van der Waals surface area contributed by atoms with Crippen molar-refractivity contribution in [3.63, 3.8) is 0 Å². The fraction of sp³-hybridized carbons (Fsp3) is 0.533. The molecule has 0 atom stereocenters. The molecule has 0 saturated carbocycles. The van der Waals surface area contributed by atoms with E-state index in [1.54, 1.807) is 13.0 Å². The number of aromatic nitrogens is 1. The molecule has 0 saturated heterocycles. The van der Waals surface area contributed by atoms with Crippen molar-refractivity contribution in [2.45, 2.75) is 39.8 Å². The highest BCUT2D eigenvalue weighted by Crippen LogP contribution is 2.22. The maximum absolute atomic E-state index is 12.2. The van der Waals surface area contributed by atoms with Crippen LogP contribution in [0.5, 0.6) is 0 Å². The molecule has 1 aromatic rings. The Labute approximate surface area is 129 Å². The van der Waals surface area contributed by atoms with Crippen molar-refractivity contribution in [3.8, 4) is 0 Å². The molecule has 1 amide bonds. The number of oxazole rings is 1. The van der Waals surface area contributed by atoms with Gasteiger partial charge in [0.15, 0.2) is 11.7 Å². The topological polar surface area (TPSA) is 77.2 Å². The summed E-state index contributed by atoms with van der Waals surface area (Å²) >= 11 is 0. The number of rotatable bonds is 3. The Kier molecular flexibility index (Phi) is 4.54. The van der Waals surface area contributed by atoms with Gasteiger partial charge in [0, 0.05) is 6.92 Å². The van der Waals surface area contributed by atoms with E-state index >= 15 is 0 Å². The van der Waals surface area contributed by atoms with Gasteiger partial charge in [0.25, 0.3) is 0 Å². The zero-order chi connectivity index (χ0) is 16.3. The van der Waals surface area contributed by atoms with Crippen LogP contribution in [0.25, 0.3) is 0 Å². The average molecular weight is 307 g/mol. The lowest BCUT2D eigenvalue weighted by Crippen LogP contribution is -2.42. The summed E-state index contributed by atoms with van der Waals surface area (Å²) in [6, 6.07) is 0. The molecule has 1 aromatic heterocycles. The van der Waals surface area contributed by atoms with Crippen LogP contribution in [0.3, 0.4) is 0 Å². The van der Waals surface area contributed by atoms with Crippen molar-refractivity contribution in [1.29, 1.82) is 0 Å². The summed E-state index contributed by atoms with van der Waals surface area (Å²) < 4.78 is 10.9. The molecule has 7 heteroatoms. The Morgan fingerprint density at radius 3 is 2.86 bits per heavy atom. The van der Waals surface area contributed by atoms with E-state index in [-0.39, 0.29) is 13.2 Å². The van der Waals surface area contributed by atoms with Gasteiger partial charge in [-0.3, -0.25) is 4.90 Å². The standard InChI is InChI=1S/C15H21N3O4/c1-6-7-20-17-11-8-18(14(19)22-15(3,4)5)9-12-13(11)16-10(2)21-12/h6H,1,7-9H2,2-5H3. The Balaban J connectivity index is 2.22. The molecule has 22 heavy (non-hydrogen) atoms. The number of oxime groups is 1. The second-order valence-corrected chi connectivity index (χ2v) is 5.96. The van der Waals surface area contributed by atoms with Gasteiger partial charge in [-0.15, -0.1) is 0 Å². The number of aryl methyl sites for hydroxylation is 1. The summed E-state index contributed by atoms with van der Waals surface area (Å²) in [4.78, 5) is 23.2. The van der Waals surface area contributed by atoms with Gasteiger partial charge in [-0.05, 0) is 20.8 Å². The smallest absolute Gasteiger partial charge is 0.411 e. The fourth-order valence-electron chi connectivity index (χ4n) is 1.98. The first-order valence-corrected chi connectivity index (χ1v) is 7.04. The molecule has 1 aliphatic rings. The Hall–Kier alpha value is -2.31. The average Bonchev–Trinajstić information content (AvgIpc) is 2.77. The van der Waals surface area contributed by atoms with E-state index in [1.807, 2.05) is 20.8 Å². The molecule has 0 radical (unpaired) electrons. The van der Waals surface area contributed by atoms with Gasteiger partial charge in [-0.2, -0.15) is 0 Å². The quantitative estimate of drug-likeness (QED) is 0.487. The molecular weight excluding hydrogens is 286 g/mol. The summed E-state index contributed by atoms with van der Waals surface area (Å²) in [7, 11) is 0. The van der Waals surface area contributed by atoms with Gasteiger partial charge >= 0.3 is 6.09 Å². The van der Waals surface area contributed by atoms with Crippen molar-refractivity contribution in [2.75, 3.05) is 13.2 Å². The van der Waals surface area contributed by atoms with Crippen molar-refractivity contribution in [1.82, 2.24) is 9.88 Å². The third-order valence-corrected chi connectivity index (χ3v) is 2.77. The minimum absolute atomic E-state index is 0.255. The Morgan fingerprint density at radius 1 is 1.50 bits per heavy atom. The first kappa shape index (κ1) is 16.1. The van der Waals surface area contributed by atoms with Crippen LogP contribution < -0.4 is 0 Å². The SMILES string of the molecule is C=CCON=C1CN(C(=O)OC(C)(C)C)Cc2oc(C)nc21. The third kappa shape index (κ3) is 3.87.